The molecule has 4 heterocycles. The van der Waals surface area contributed by atoms with Crippen LogP contribution >= 0.6 is 0 Å². The third-order valence-corrected chi connectivity index (χ3v) is 5.54. The summed E-state index contributed by atoms with van der Waals surface area (Å²) in [5, 5.41) is 0. The first kappa shape index (κ1) is 18.8. The van der Waals surface area contributed by atoms with E-state index in [0.717, 1.165) is 75.7 Å². The van der Waals surface area contributed by atoms with Crippen LogP contribution in [-0.2, 0) is 11.2 Å². The molecule has 0 radical (unpaired) electrons. The lowest BCUT2D eigenvalue weighted by atomic mass is 10.2. The van der Waals surface area contributed by atoms with Gasteiger partial charge in [-0.2, -0.15) is 0 Å². The van der Waals surface area contributed by atoms with Gasteiger partial charge < -0.3 is 9.80 Å². The lowest BCUT2D eigenvalue weighted by Crippen LogP contribution is -2.50. The van der Waals surface area contributed by atoms with Crippen LogP contribution in [-0.4, -0.2) is 76.5 Å². The van der Waals surface area contributed by atoms with Gasteiger partial charge in [0.1, 0.15) is 11.5 Å². The maximum atomic E-state index is 12.4. The Kier molecular flexibility index (Phi) is 5.81. The van der Waals surface area contributed by atoms with Crippen LogP contribution in [0.2, 0.25) is 0 Å². The number of carbonyl (C=O) groups excluding carboxylic acids is 1. The second-order valence-corrected chi connectivity index (χ2v) is 7.46. The Balaban J connectivity index is 1.42. The first-order valence-electron chi connectivity index (χ1n) is 10.3. The van der Waals surface area contributed by atoms with E-state index in [1.165, 1.54) is 0 Å². The maximum Gasteiger partial charge on any atom is 0.236 e. The second-order valence-electron chi connectivity index (χ2n) is 7.46. The van der Waals surface area contributed by atoms with E-state index in [2.05, 4.69) is 32.8 Å². The van der Waals surface area contributed by atoms with Crippen molar-refractivity contribution in [3.05, 3.63) is 36.2 Å². The molecule has 28 heavy (non-hydrogen) atoms. The van der Waals surface area contributed by atoms with Crippen LogP contribution in [0, 0.1) is 0 Å². The highest BCUT2D eigenvalue weighted by atomic mass is 16.2. The number of hydrogen-bond donors (Lipinski definition) is 0. The third-order valence-electron chi connectivity index (χ3n) is 5.54. The zero-order valence-electron chi connectivity index (χ0n) is 16.5. The van der Waals surface area contributed by atoms with Crippen molar-refractivity contribution in [1.82, 2.24) is 24.8 Å². The Morgan fingerprint density at radius 1 is 1.04 bits per heavy atom. The summed E-state index contributed by atoms with van der Waals surface area (Å²) in [4.78, 5) is 32.8. The van der Waals surface area contributed by atoms with Gasteiger partial charge >= 0.3 is 0 Å². The van der Waals surface area contributed by atoms with Gasteiger partial charge in [0.2, 0.25) is 5.91 Å². The van der Waals surface area contributed by atoms with Gasteiger partial charge in [-0.25, -0.2) is 9.97 Å². The van der Waals surface area contributed by atoms with Gasteiger partial charge in [-0.05, 0) is 31.4 Å². The summed E-state index contributed by atoms with van der Waals surface area (Å²) in [5.74, 6) is 1.92. The number of aryl methyl sites for hydroxylation is 1. The molecule has 1 amide bonds. The topological polar surface area (TPSA) is 65.5 Å². The van der Waals surface area contributed by atoms with Crippen LogP contribution in [0.25, 0.3) is 11.5 Å². The number of amides is 1. The molecule has 0 atom stereocenters. The highest BCUT2D eigenvalue weighted by Gasteiger charge is 2.24. The third kappa shape index (κ3) is 4.30. The fourth-order valence-corrected chi connectivity index (χ4v) is 3.83. The van der Waals surface area contributed by atoms with Crippen molar-refractivity contribution in [2.24, 2.45) is 0 Å². The molecular formula is C21H28N6O. The van der Waals surface area contributed by atoms with Gasteiger partial charge in [-0.3, -0.25) is 14.7 Å². The number of likely N-dealkylation sites (tertiary alicyclic amines) is 1. The summed E-state index contributed by atoms with van der Waals surface area (Å²) in [6, 6.07) is 7.88. The van der Waals surface area contributed by atoms with E-state index in [1.807, 2.05) is 23.1 Å². The molecular weight excluding hydrogens is 352 g/mol. The number of piperazine rings is 1. The minimum atomic E-state index is 0.277. The number of rotatable bonds is 5. The molecule has 2 aromatic rings. The molecule has 0 aromatic carbocycles. The largest absolute Gasteiger partial charge is 0.354 e. The molecule has 2 aliphatic rings. The number of hydrogen-bond acceptors (Lipinski definition) is 6. The van der Waals surface area contributed by atoms with E-state index in [9.17, 15) is 4.79 Å². The molecule has 4 rings (SSSR count). The second kappa shape index (κ2) is 8.65. The quantitative estimate of drug-likeness (QED) is 0.789. The molecule has 2 saturated heterocycles. The number of pyridine rings is 1. The van der Waals surface area contributed by atoms with Crippen molar-refractivity contribution in [2.75, 3.05) is 50.7 Å². The van der Waals surface area contributed by atoms with Gasteiger partial charge in [0, 0.05) is 57.2 Å². The molecule has 148 valence electrons. The molecule has 7 heteroatoms. The summed E-state index contributed by atoms with van der Waals surface area (Å²) in [7, 11) is 0. The molecule has 7 nitrogen and oxygen atoms in total. The minimum Gasteiger partial charge on any atom is -0.354 e. The Labute approximate surface area is 166 Å². The summed E-state index contributed by atoms with van der Waals surface area (Å²) in [5.41, 5.74) is 1.83. The first-order valence-corrected chi connectivity index (χ1v) is 10.3. The van der Waals surface area contributed by atoms with Crippen molar-refractivity contribution in [3.63, 3.8) is 0 Å². The first-order chi connectivity index (χ1) is 13.7. The SMILES string of the molecule is CCc1cc(N2CCN(CC(=O)N3CCCC3)CC2)nc(-c2ccccn2)n1. The van der Waals surface area contributed by atoms with Crippen molar-refractivity contribution in [1.29, 1.82) is 0 Å². The molecule has 0 bridgehead atoms. The molecule has 2 fully saturated rings. The van der Waals surface area contributed by atoms with E-state index in [4.69, 9.17) is 4.98 Å². The molecule has 0 unspecified atom stereocenters. The molecule has 0 saturated carbocycles. The molecule has 2 aromatic heterocycles. The van der Waals surface area contributed by atoms with Crippen LogP contribution in [0.15, 0.2) is 30.5 Å². The Bertz CT molecular complexity index is 798. The molecule has 2 aliphatic heterocycles. The molecule has 0 aliphatic carbocycles. The standard InChI is InChI=1S/C21H28N6O/c1-2-17-15-19(24-21(23-17)18-7-3-4-8-22-18)26-13-11-25(12-14-26)16-20(28)27-9-5-6-10-27/h3-4,7-8,15H,2,5-6,9-14,16H2,1H3. The van der Waals surface area contributed by atoms with Crippen molar-refractivity contribution in [3.8, 4) is 11.5 Å². The monoisotopic (exact) mass is 380 g/mol. The van der Waals surface area contributed by atoms with E-state index >= 15 is 0 Å². The van der Waals surface area contributed by atoms with E-state index < -0.39 is 0 Å². The Morgan fingerprint density at radius 3 is 2.50 bits per heavy atom. The number of nitrogens with zero attached hydrogens (tertiary/aromatic N) is 6. The Hall–Kier alpha value is -2.54. The number of anilines is 1. The summed E-state index contributed by atoms with van der Waals surface area (Å²) >= 11 is 0. The lowest BCUT2D eigenvalue weighted by Gasteiger charge is -2.35. The van der Waals surface area contributed by atoms with Crippen LogP contribution in [0.1, 0.15) is 25.5 Å². The van der Waals surface area contributed by atoms with Crippen molar-refractivity contribution >= 4 is 11.7 Å². The maximum absolute atomic E-state index is 12.4. The summed E-state index contributed by atoms with van der Waals surface area (Å²) < 4.78 is 0. The van der Waals surface area contributed by atoms with Gasteiger partial charge in [0.25, 0.3) is 0 Å². The highest BCUT2D eigenvalue weighted by Crippen LogP contribution is 2.20. The van der Waals surface area contributed by atoms with Crippen molar-refractivity contribution in [2.45, 2.75) is 26.2 Å². The highest BCUT2D eigenvalue weighted by molar-refractivity contribution is 5.78. The lowest BCUT2D eigenvalue weighted by molar-refractivity contribution is -0.131. The number of carbonyl (C=O) groups is 1. The van der Waals surface area contributed by atoms with Gasteiger partial charge in [-0.15, -0.1) is 0 Å². The average molecular weight is 380 g/mol. The minimum absolute atomic E-state index is 0.277. The predicted molar refractivity (Wildman–Crippen MR) is 109 cm³/mol. The number of aromatic nitrogens is 3. The zero-order valence-corrected chi connectivity index (χ0v) is 16.5. The van der Waals surface area contributed by atoms with Gasteiger partial charge in [0.05, 0.1) is 6.54 Å². The van der Waals surface area contributed by atoms with E-state index in [0.29, 0.717) is 12.4 Å². The van der Waals surface area contributed by atoms with Gasteiger partial charge in [0.15, 0.2) is 5.82 Å². The van der Waals surface area contributed by atoms with Crippen LogP contribution in [0.4, 0.5) is 5.82 Å². The average Bonchev–Trinajstić information content (AvgIpc) is 3.30. The molecule has 0 spiro atoms. The Morgan fingerprint density at radius 2 is 1.82 bits per heavy atom. The summed E-state index contributed by atoms with van der Waals surface area (Å²) in [6.45, 7) is 8.00. The van der Waals surface area contributed by atoms with Gasteiger partial charge in [-0.1, -0.05) is 13.0 Å². The van der Waals surface area contributed by atoms with Crippen LogP contribution in [0.3, 0.4) is 0 Å². The fourth-order valence-electron chi connectivity index (χ4n) is 3.83. The fraction of sp³-hybridized carbons (Fsp3) is 0.524. The molecule has 0 N–H and O–H groups in total. The predicted octanol–water partition coefficient (Wildman–Crippen LogP) is 1.85. The van der Waals surface area contributed by atoms with E-state index in [1.54, 1.807) is 6.20 Å². The smallest absolute Gasteiger partial charge is 0.236 e. The van der Waals surface area contributed by atoms with Crippen LogP contribution in [0.5, 0.6) is 0 Å². The van der Waals surface area contributed by atoms with E-state index in [-0.39, 0.29) is 5.91 Å². The summed E-state index contributed by atoms with van der Waals surface area (Å²) in [6.07, 6.45) is 4.92. The van der Waals surface area contributed by atoms with Crippen LogP contribution < -0.4 is 4.90 Å². The normalized spacial score (nSPS) is 17.9. The van der Waals surface area contributed by atoms with Crippen molar-refractivity contribution < 1.29 is 4.79 Å². The zero-order chi connectivity index (χ0) is 19.3.